The molecule has 0 spiro atoms. The summed E-state index contributed by atoms with van der Waals surface area (Å²) in [7, 11) is 0. The van der Waals surface area contributed by atoms with E-state index < -0.39 is 5.41 Å². The molecule has 0 amide bonds. The lowest BCUT2D eigenvalue weighted by Crippen LogP contribution is -2.31. The van der Waals surface area contributed by atoms with E-state index in [2.05, 4.69) is 11.6 Å². The van der Waals surface area contributed by atoms with E-state index in [9.17, 15) is 4.79 Å². The Balaban J connectivity index is 1.51. The zero-order chi connectivity index (χ0) is 17.0. The number of esters is 1. The topological polar surface area (TPSA) is 52.3 Å². The summed E-state index contributed by atoms with van der Waals surface area (Å²) in [5.41, 5.74) is 3.41. The summed E-state index contributed by atoms with van der Waals surface area (Å²) in [5.74, 6) is 0.825. The zero-order valence-electron chi connectivity index (χ0n) is 13.7. The molecule has 0 N–H and O–H groups in total. The first-order chi connectivity index (χ1) is 12.1. The van der Waals surface area contributed by atoms with E-state index in [4.69, 9.17) is 9.15 Å². The van der Waals surface area contributed by atoms with Crippen molar-refractivity contribution >= 4 is 28.4 Å². The monoisotopic (exact) mass is 351 g/mol. The summed E-state index contributed by atoms with van der Waals surface area (Å²) >= 11 is 1.61. The minimum Gasteiger partial charge on any atom is -0.465 e. The molecule has 4 nitrogen and oxygen atoms in total. The minimum absolute atomic E-state index is 0.0734. The van der Waals surface area contributed by atoms with Gasteiger partial charge in [-0.3, -0.25) is 4.79 Å². The fourth-order valence-corrected chi connectivity index (χ4v) is 4.86. The van der Waals surface area contributed by atoms with Crippen LogP contribution in [0.5, 0.6) is 0 Å². The Morgan fingerprint density at radius 2 is 2.28 bits per heavy atom. The number of aromatic nitrogens is 1. The third-order valence-electron chi connectivity index (χ3n) is 5.41. The van der Waals surface area contributed by atoms with Gasteiger partial charge in [0.25, 0.3) is 0 Å². The van der Waals surface area contributed by atoms with Crippen LogP contribution in [0.2, 0.25) is 0 Å². The van der Waals surface area contributed by atoms with Gasteiger partial charge in [0.1, 0.15) is 5.52 Å². The summed E-state index contributed by atoms with van der Waals surface area (Å²) < 4.78 is 11.2. The molecule has 2 aliphatic rings. The highest BCUT2D eigenvalue weighted by atomic mass is 32.1. The Morgan fingerprint density at radius 1 is 1.36 bits per heavy atom. The number of hydrogen-bond acceptors (Lipinski definition) is 5. The van der Waals surface area contributed by atoms with Crippen LogP contribution >= 0.6 is 11.3 Å². The molecule has 1 aromatic carbocycles. The number of fused-ring (bicyclic) bond motifs is 2. The predicted molar refractivity (Wildman–Crippen MR) is 96.3 cm³/mol. The van der Waals surface area contributed by atoms with Crippen molar-refractivity contribution in [1.29, 1.82) is 0 Å². The Labute approximate surface area is 149 Å². The van der Waals surface area contributed by atoms with Crippen LogP contribution in [0, 0.1) is 11.3 Å². The van der Waals surface area contributed by atoms with Gasteiger partial charge in [-0.2, -0.15) is 0 Å². The lowest BCUT2D eigenvalue weighted by Gasteiger charge is -2.23. The van der Waals surface area contributed by atoms with Crippen LogP contribution in [-0.4, -0.2) is 17.6 Å². The molecule has 25 heavy (non-hydrogen) atoms. The first kappa shape index (κ1) is 14.9. The van der Waals surface area contributed by atoms with Gasteiger partial charge in [-0.15, -0.1) is 11.3 Å². The molecule has 2 atom stereocenters. The number of carbonyl (C=O) groups is 1. The van der Waals surface area contributed by atoms with E-state index in [0.717, 1.165) is 40.0 Å². The highest BCUT2D eigenvalue weighted by Gasteiger charge is 2.55. The molecule has 126 valence electrons. The van der Waals surface area contributed by atoms with E-state index in [1.165, 1.54) is 0 Å². The number of carbonyl (C=O) groups excluding carboxylic acids is 1. The standard InChI is InChI=1S/C20H17NO3S/c1-12-7-14-11-23-19(22)20(14,9-12)10-13-4-5-16-15(8-13)21-18(24-16)17-3-2-6-25-17/h2-6,8,14H,1,7,9-11H2. The molecule has 2 unspecified atom stereocenters. The smallest absolute Gasteiger partial charge is 0.313 e. The second kappa shape index (κ2) is 5.30. The average molecular weight is 351 g/mol. The number of oxazole rings is 1. The van der Waals surface area contributed by atoms with Crippen molar-refractivity contribution in [2.24, 2.45) is 11.3 Å². The average Bonchev–Trinajstić information content (AvgIpc) is 3.33. The molecule has 1 aliphatic heterocycles. The van der Waals surface area contributed by atoms with E-state index in [0.29, 0.717) is 18.9 Å². The van der Waals surface area contributed by atoms with Crippen molar-refractivity contribution < 1.29 is 13.9 Å². The van der Waals surface area contributed by atoms with Crippen molar-refractivity contribution in [1.82, 2.24) is 4.98 Å². The van der Waals surface area contributed by atoms with Gasteiger partial charge in [-0.05, 0) is 48.4 Å². The van der Waals surface area contributed by atoms with Gasteiger partial charge in [-0.25, -0.2) is 4.98 Å². The second-order valence-corrected chi connectivity index (χ2v) is 8.01. The summed E-state index contributed by atoms with van der Waals surface area (Å²) in [4.78, 5) is 18.1. The lowest BCUT2D eigenvalue weighted by atomic mass is 9.75. The fourth-order valence-electron chi connectivity index (χ4n) is 4.22. The quantitative estimate of drug-likeness (QED) is 0.511. The van der Waals surface area contributed by atoms with Crippen LogP contribution in [-0.2, 0) is 16.0 Å². The molecule has 5 heteroatoms. The summed E-state index contributed by atoms with van der Waals surface area (Å²) in [6, 6.07) is 10.00. The van der Waals surface area contributed by atoms with Crippen LogP contribution in [0.15, 0.2) is 52.3 Å². The summed E-state index contributed by atoms with van der Waals surface area (Å²) in [5, 5.41) is 2.01. The Bertz CT molecular complexity index is 988. The van der Waals surface area contributed by atoms with Crippen LogP contribution in [0.25, 0.3) is 21.9 Å². The number of benzene rings is 1. The summed E-state index contributed by atoms with van der Waals surface area (Å²) in [6.07, 6.45) is 2.29. The SMILES string of the molecule is C=C1CC2COC(=O)C2(Cc2ccc3oc(-c4cccs4)nc3c2)C1. The largest absolute Gasteiger partial charge is 0.465 e. The van der Waals surface area contributed by atoms with Crippen LogP contribution in [0.1, 0.15) is 18.4 Å². The van der Waals surface area contributed by atoms with E-state index in [1.54, 1.807) is 11.3 Å². The number of allylic oxidation sites excluding steroid dienone is 1. The van der Waals surface area contributed by atoms with Crippen molar-refractivity contribution in [3.63, 3.8) is 0 Å². The molecule has 1 saturated heterocycles. The molecular formula is C20H17NO3S. The lowest BCUT2D eigenvalue weighted by molar-refractivity contribution is -0.146. The molecular weight excluding hydrogens is 334 g/mol. The number of thiophene rings is 1. The zero-order valence-corrected chi connectivity index (χ0v) is 14.5. The van der Waals surface area contributed by atoms with E-state index >= 15 is 0 Å². The molecule has 3 heterocycles. The highest BCUT2D eigenvalue weighted by Crippen LogP contribution is 2.52. The Morgan fingerprint density at radius 3 is 3.12 bits per heavy atom. The molecule has 2 aromatic heterocycles. The molecule has 0 bridgehead atoms. The number of nitrogens with zero attached hydrogens (tertiary/aromatic N) is 1. The van der Waals surface area contributed by atoms with Gasteiger partial charge in [0.05, 0.1) is 16.9 Å². The first-order valence-corrected chi connectivity index (χ1v) is 9.29. The number of rotatable bonds is 3. The number of ether oxygens (including phenoxy) is 1. The molecule has 1 aliphatic carbocycles. The van der Waals surface area contributed by atoms with Crippen molar-refractivity contribution in [2.75, 3.05) is 6.61 Å². The maximum absolute atomic E-state index is 12.5. The second-order valence-electron chi connectivity index (χ2n) is 7.06. The van der Waals surface area contributed by atoms with E-state index in [-0.39, 0.29) is 11.9 Å². The van der Waals surface area contributed by atoms with Gasteiger partial charge in [-0.1, -0.05) is 24.3 Å². The van der Waals surface area contributed by atoms with Crippen LogP contribution in [0.4, 0.5) is 0 Å². The first-order valence-electron chi connectivity index (χ1n) is 8.41. The fraction of sp³-hybridized carbons (Fsp3) is 0.300. The van der Waals surface area contributed by atoms with Crippen LogP contribution < -0.4 is 0 Å². The van der Waals surface area contributed by atoms with Gasteiger partial charge in [0.15, 0.2) is 5.58 Å². The Kier molecular flexibility index (Phi) is 3.16. The van der Waals surface area contributed by atoms with E-state index in [1.807, 2.05) is 35.7 Å². The molecule has 5 rings (SSSR count). The predicted octanol–water partition coefficient (Wildman–Crippen LogP) is 4.61. The molecule has 2 fully saturated rings. The number of hydrogen-bond donors (Lipinski definition) is 0. The molecule has 3 aromatic rings. The highest BCUT2D eigenvalue weighted by molar-refractivity contribution is 7.13. The van der Waals surface area contributed by atoms with Gasteiger partial charge >= 0.3 is 5.97 Å². The van der Waals surface area contributed by atoms with Crippen molar-refractivity contribution in [3.8, 4) is 10.8 Å². The minimum atomic E-state index is -0.439. The third kappa shape index (κ3) is 2.26. The van der Waals surface area contributed by atoms with Gasteiger partial charge in [0, 0.05) is 5.92 Å². The third-order valence-corrected chi connectivity index (χ3v) is 6.27. The maximum atomic E-state index is 12.5. The maximum Gasteiger partial charge on any atom is 0.313 e. The van der Waals surface area contributed by atoms with Crippen molar-refractivity contribution in [2.45, 2.75) is 19.3 Å². The van der Waals surface area contributed by atoms with Crippen molar-refractivity contribution in [3.05, 3.63) is 53.4 Å². The van der Waals surface area contributed by atoms with Crippen LogP contribution in [0.3, 0.4) is 0 Å². The molecule has 0 radical (unpaired) electrons. The van der Waals surface area contributed by atoms with Gasteiger partial charge < -0.3 is 9.15 Å². The molecule has 1 saturated carbocycles. The summed E-state index contributed by atoms with van der Waals surface area (Å²) in [6.45, 7) is 4.63. The number of cyclic esters (lactones) is 1. The normalized spacial score (nSPS) is 25.5. The Hall–Kier alpha value is -2.40. The van der Waals surface area contributed by atoms with Gasteiger partial charge in [0.2, 0.25) is 5.89 Å².